The molecule has 0 bridgehead atoms. The van der Waals surface area contributed by atoms with Crippen LogP contribution in [0.4, 0.5) is 0 Å². The molecule has 0 aliphatic heterocycles. The van der Waals surface area contributed by atoms with Gasteiger partial charge in [0.1, 0.15) is 34.5 Å². The molecule has 4 aromatic rings. The van der Waals surface area contributed by atoms with Crippen LogP contribution in [0.5, 0.6) is 34.5 Å². The van der Waals surface area contributed by atoms with Crippen LogP contribution in [0, 0.1) is 0 Å². The quantitative estimate of drug-likeness (QED) is 0.0500. The number of hydrogen-bond acceptors (Lipinski definition) is 12. The van der Waals surface area contributed by atoms with Crippen LogP contribution in [0.2, 0.25) is 0 Å². The smallest absolute Gasteiger partial charge is 0.344 e. The number of carboxylic acid groups (broad SMARTS) is 3. The molecule has 15 nitrogen and oxygen atoms in total. The standard InChI is InChI=1S/C39H45N3O12/c1-4-7-10-31(37(46)47)52-22-13-16-25(28(43)19-22)34-40-35(26-17-14-23(20-29(26)44)53-32(38(48)49)11-8-5-2)42-36(41-34)27-18-15-24(21-30(27)45)54-33(39(50)51)12-9-6-3/h13-21,31-33,43-45H,4-12H2,1-3H3,(H,46,47)(H,48,49)(H,50,51). The molecule has 3 aromatic carbocycles. The van der Waals surface area contributed by atoms with Crippen molar-refractivity contribution in [1.29, 1.82) is 0 Å². The predicted octanol–water partition coefficient (Wildman–Crippen LogP) is 7.06. The Bertz CT molecular complexity index is 1710. The summed E-state index contributed by atoms with van der Waals surface area (Å²) < 4.78 is 16.9. The van der Waals surface area contributed by atoms with Crippen molar-refractivity contribution in [3.8, 4) is 68.7 Å². The van der Waals surface area contributed by atoms with Gasteiger partial charge in [0.25, 0.3) is 0 Å². The van der Waals surface area contributed by atoms with Crippen molar-refractivity contribution in [3.63, 3.8) is 0 Å². The second kappa shape index (κ2) is 19.1. The van der Waals surface area contributed by atoms with Crippen molar-refractivity contribution in [2.24, 2.45) is 0 Å². The molecular weight excluding hydrogens is 702 g/mol. The number of phenolic OH excluding ortho intramolecular Hbond substituents is 3. The van der Waals surface area contributed by atoms with Crippen molar-refractivity contribution in [2.45, 2.75) is 96.9 Å². The van der Waals surface area contributed by atoms with E-state index in [-0.39, 0.29) is 87.9 Å². The van der Waals surface area contributed by atoms with Crippen LogP contribution in [-0.4, -0.2) is 81.8 Å². The Morgan fingerprint density at radius 3 is 0.963 bits per heavy atom. The first-order chi connectivity index (χ1) is 25.8. The summed E-state index contributed by atoms with van der Waals surface area (Å²) in [5.74, 6) is -4.57. The summed E-state index contributed by atoms with van der Waals surface area (Å²) in [5.41, 5.74) is 0.228. The molecule has 0 aliphatic rings. The third-order valence-corrected chi connectivity index (χ3v) is 8.39. The lowest BCUT2D eigenvalue weighted by atomic mass is 10.1. The largest absolute Gasteiger partial charge is 0.507 e. The molecule has 15 heteroatoms. The number of benzene rings is 3. The summed E-state index contributed by atoms with van der Waals surface area (Å²) in [6.07, 6.45) is 1.55. The van der Waals surface area contributed by atoms with Crippen molar-refractivity contribution in [1.82, 2.24) is 15.0 Å². The summed E-state index contributed by atoms with van der Waals surface area (Å²) in [6, 6.07) is 12.3. The van der Waals surface area contributed by atoms with E-state index in [0.29, 0.717) is 19.3 Å². The fourth-order valence-corrected chi connectivity index (χ4v) is 5.42. The van der Waals surface area contributed by atoms with Gasteiger partial charge in [-0.05, 0) is 74.9 Å². The van der Waals surface area contributed by atoms with Gasteiger partial charge >= 0.3 is 17.9 Å². The second-order valence-electron chi connectivity index (χ2n) is 12.6. The minimum atomic E-state index is -1.15. The van der Waals surface area contributed by atoms with Crippen LogP contribution in [0.25, 0.3) is 34.2 Å². The Labute approximate surface area is 311 Å². The zero-order valence-corrected chi connectivity index (χ0v) is 30.3. The molecule has 0 fully saturated rings. The highest BCUT2D eigenvalue weighted by Crippen LogP contribution is 2.38. The van der Waals surface area contributed by atoms with Crippen LogP contribution in [-0.2, 0) is 14.4 Å². The Morgan fingerprint density at radius 2 is 0.759 bits per heavy atom. The molecule has 1 aromatic heterocycles. The lowest BCUT2D eigenvalue weighted by Crippen LogP contribution is -2.26. The van der Waals surface area contributed by atoms with Gasteiger partial charge in [-0.15, -0.1) is 0 Å². The molecule has 1 heterocycles. The van der Waals surface area contributed by atoms with Gasteiger partial charge in [0.05, 0.1) is 16.7 Å². The van der Waals surface area contributed by atoms with E-state index in [2.05, 4.69) is 15.0 Å². The van der Waals surface area contributed by atoms with Gasteiger partial charge in [0, 0.05) is 18.2 Å². The number of aromatic nitrogens is 3. The number of aromatic hydroxyl groups is 3. The number of hydrogen-bond donors (Lipinski definition) is 6. The summed E-state index contributed by atoms with van der Waals surface area (Å²) >= 11 is 0. The summed E-state index contributed by atoms with van der Waals surface area (Å²) in [7, 11) is 0. The molecule has 3 unspecified atom stereocenters. The topological polar surface area (TPSA) is 239 Å². The maximum Gasteiger partial charge on any atom is 0.344 e. The Kier molecular flexibility index (Phi) is 14.4. The molecule has 0 radical (unpaired) electrons. The van der Waals surface area contributed by atoms with Crippen molar-refractivity contribution >= 4 is 17.9 Å². The first-order valence-electron chi connectivity index (χ1n) is 17.8. The summed E-state index contributed by atoms with van der Waals surface area (Å²) in [6.45, 7) is 5.77. The molecule has 0 saturated carbocycles. The molecule has 6 N–H and O–H groups in total. The van der Waals surface area contributed by atoms with E-state index in [1.165, 1.54) is 54.6 Å². The SMILES string of the molecule is CCCCC(Oc1ccc(-c2nc(-c3ccc(OC(CCCC)C(=O)O)cc3O)nc(-c3ccc(OC(CCCC)C(=O)O)cc3O)n2)c(O)c1)C(=O)O. The van der Waals surface area contributed by atoms with E-state index in [4.69, 9.17) is 14.2 Å². The summed E-state index contributed by atoms with van der Waals surface area (Å²) in [4.78, 5) is 48.7. The van der Waals surface area contributed by atoms with Gasteiger partial charge in [-0.1, -0.05) is 40.0 Å². The van der Waals surface area contributed by atoms with Crippen LogP contribution in [0.15, 0.2) is 54.6 Å². The number of carboxylic acids is 3. The zero-order chi connectivity index (χ0) is 39.4. The lowest BCUT2D eigenvalue weighted by molar-refractivity contribution is -0.146. The first-order valence-corrected chi connectivity index (χ1v) is 17.8. The highest BCUT2D eigenvalue weighted by atomic mass is 16.5. The number of unbranched alkanes of at least 4 members (excludes halogenated alkanes) is 3. The third-order valence-electron chi connectivity index (χ3n) is 8.39. The molecule has 54 heavy (non-hydrogen) atoms. The van der Waals surface area contributed by atoms with E-state index >= 15 is 0 Å². The number of phenols is 3. The van der Waals surface area contributed by atoms with Crippen molar-refractivity contribution < 1.29 is 59.2 Å². The van der Waals surface area contributed by atoms with E-state index in [9.17, 15) is 45.0 Å². The van der Waals surface area contributed by atoms with E-state index in [0.717, 1.165) is 19.3 Å². The number of nitrogens with zero attached hydrogens (tertiary/aromatic N) is 3. The first kappa shape index (κ1) is 40.6. The molecule has 0 spiro atoms. The second-order valence-corrected chi connectivity index (χ2v) is 12.6. The zero-order valence-electron chi connectivity index (χ0n) is 30.3. The van der Waals surface area contributed by atoms with Gasteiger partial charge in [-0.3, -0.25) is 0 Å². The molecule has 0 aliphatic carbocycles. The van der Waals surface area contributed by atoms with Crippen LogP contribution in [0.1, 0.15) is 78.6 Å². The van der Waals surface area contributed by atoms with E-state index in [1.807, 2.05) is 20.8 Å². The number of ether oxygens (including phenoxy) is 3. The number of carbonyl (C=O) groups is 3. The van der Waals surface area contributed by atoms with E-state index < -0.39 is 36.2 Å². The van der Waals surface area contributed by atoms with Gasteiger partial charge < -0.3 is 44.8 Å². The van der Waals surface area contributed by atoms with Crippen LogP contribution in [0.3, 0.4) is 0 Å². The summed E-state index contributed by atoms with van der Waals surface area (Å²) in [5, 5.41) is 62.1. The minimum Gasteiger partial charge on any atom is -0.507 e. The average molecular weight is 748 g/mol. The maximum absolute atomic E-state index is 11.7. The van der Waals surface area contributed by atoms with Gasteiger partial charge in [-0.2, -0.15) is 0 Å². The Morgan fingerprint density at radius 1 is 0.500 bits per heavy atom. The molecule has 288 valence electrons. The average Bonchev–Trinajstić information content (AvgIpc) is 3.13. The molecule has 0 saturated heterocycles. The third kappa shape index (κ3) is 10.7. The van der Waals surface area contributed by atoms with Gasteiger partial charge in [-0.25, -0.2) is 29.3 Å². The fourth-order valence-electron chi connectivity index (χ4n) is 5.42. The Hall–Kier alpha value is -6.12. The highest BCUT2D eigenvalue weighted by molar-refractivity contribution is 5.76. The van der Waals surface area contributed by atoms with Crippen molar-refractivity contribution in [3.05, 3.63) is 54.6 Å². The molecular formula is C39H45N3O12. The van der Waals surface area contributed by atoms with Gasteiger partial charge in [0.2, 0.25) is 0 Å². The van der Waals surface area contributed by atoms with Crippen LogP contribution >= 0.6 is 0 Å². The highest BCUT2D eigenvalue weighted by Gasteiger charge is 2.24. The molecule has 0 amide bonds. The normalized spacial score (nSPS) is 12.7. The fraction of sp³-hybridized carbons (Fsp3) is 0.385. The number of rotatable bonds is 21. The molecule has 4 rings (SSSR count). The maximum atomic E-state index is 11.7. The number of aliphatic carboxylic acids is 3. The lowest BCUT2D eigenvalue weighted by Gasteiger charge is -2.17. The molecule has 3 atom stereocenters. The predicted molar refractivity (Wildman–Crippen MR) is 196 cm³/mol. The monoisotopic (exact) mass is 747 g/mol. The van der Waals surface area contributed by atoms with E-state index in [1.54, 1.807) is 0 Å². The Balaban J connectivity index is 1.78. The van der Waals surface area contributed by atoms with Crippen molar-refractivity contribution in [2.75, 3.05) is 0 Å². The minimum absolute atomic E-state index is 0.0759. The van der Waals surface area contributed by atoms with Gasteiger partial charge in [0.15, 0.2) is 35.8 Å². The van der Waals surface area contributed by atoms with Crippen LogP contribution < -0.4 is 14.2 Å².